The Hall–Kier alpha value is -1.13. The monoisotopic (exact) mass is 277 g/mol. The van der Waals surface area contributed by atoms with Gasteiger partial charge >= 0.3 is 0 Å². The van der Waals surface area contributed by atoms with E-state index in [0.717, 1.165) is 18.9 Å². The Balaban J connectivity index is 2.04. The zero-order chi connectivity index (χ0) is 14.2. The summed E-state index contributed by atoms with van der Waals surface area (Å²) in [6.07, 6.45) is 8.33. The first-order valence-corrected chi connectivity index (χ1v) is 7.88. The highest BCUT2D eigenvalue weighted by molar-refractivity contribution is 5.40. The van der Waals surface area contributed by atoms with Crippen molar-refractivity contribution >= 4 is 5.82 Å². The maximum atomic E-state index is 9.32. The Morgan fingerprint density at radius 2 is 2.10 bits per heavy atom. The van der Waals surface area contributed by atoms with Crippen molar-refractivity contribution in [1.29, 1.82) is 0 Å². The zero-order valence-corrected chi connectivity index (χ0v) is 12.5. The maximum absolute atomic E-state index is 9.32. The second-order valence-corrected chi connectivity index (χ2v) is 5.51. The number of aromatic nitrogens is 1. The van der Waals surface area contributed by atoms with Crippen LogP contribution >= 0.6 is 0 Å². The van der Waals surface area contributed by atoms with Crippen LogP contribution in [-0.4, -0.2) is 35.8 Å². The van der Waals surface area contributed by atoms with E-state index < -0.39 is 0 Å². The Kier molecular flexibility index (Phi) is 6.27. The molecule has 1 aromatic heterocycles. The van der Waals surface area contributed by atoms with Crippen LogP contribution in [0, 0.1) is 0 Å². The van der Waals surface area contributed by atoms with Gasteiger partial charge in [-0.15, -0.1) is 0 Å². The van der Waals surface area contributed by atoms with Crippen molar-refractivity contribution in [2.45, 2.75) is 51.6 Å². The van der Waals surface area contributed by atoms with Crippen LogP contribution in [0.15, 0.2) is 18.3 Å². The second kappa shape index (κ2) is 8.22. The van der Waals surface area contributed by atoms with Crippen LogP contribution in [0.4, 0.5) is 5.82 Å². The van der Waals surface area contributed by atoms with Gasteiger partial charge in [0.15, 0.2) is 0 Å². The molecule has 0 atom stereocenters. The fraction of sp³-hybridized carbons (Fsp3) is 0.688. The molecule has 4 nitrogen and oxygen atoms in total. The molecule has 2 rings (SSSR count). The van der Waals surface area contributed by atoms with E-state index in [0.29, 0.717) is 12.6 Å². The van der Waals surface area contributed by atoms with Crippen LogP contribution in [0.2, 0.25) is 0 Å². The molecule has 1 aliphatic carbocycles. The molecule has 0 unspecified atom stereocenters. The van der Waals surface area contributed by atoms with E-state index in [9.17, 15) is 5.11 Å². The standard InChI is InChI=1S/C16H27N3O/c1-2-17-12-14-8-9-16(18-13-14)19(10-11-20)15-6-4-3-5-7-15/h8-9,13,15,17,20H,2-7,10-12H2,1H3. The summed E-state index contributed by atoms with van der Waals surface area (Å²) < 4.78 is 0. The van der Waals surface area contributed by atoms with Gasteiger partial charge < -0.3 is 15.3 Å². The first-order valence-electron chi connectivity index (χ1n) is 7.88. The fourth-order valence-electron chi connectivity index (χ4n) is 2.95. The number of aliphatic hydroxyl groups excluding tert-OH is 1. The van der Waals surface area contributed by atoms with Gasteiger partial charge in [0, 0.05) is 25.3 Å². The van der Waals surface area contributed by atoms with Gasteiger partial charge in [-0.1, -0.05) is 32.3 Å². The van der Waals surface area contributed by atoms with Gasteiger partial charge in [-0.25, -0.2) is 4.98 Å². The van der Waals surface area contributed by atoms with Crippen molar-refractivity contribution in [3.05, 3.63) is 23.9 Å². The molecule has 1 aromatic rings. The lowest BCUT2D eigenvalue weighted by Gasteiger charge is -2.35. The number of hydrogen-bond donors (Lipinski definition) is 2. The molecule has 112 valence electrons. The summed E-state index contributed by atoms with van der Waals surface area (Å²) in [7, 11) is 0. The topological polar surface area (TPSA) is 48.4 Å². The molecular formula is C16H27N3O. The molecule has 20 heavy (non-hydrogen) atoms. The van der Waals surface area contributed by atoms with Crippen LogP contribution in [0.1, 0.15) is 44.6 Å². The van der Waals surface area contributed by atoms with Crippen LogP contribution < -0.4 is 10.2 Å². The number of pyridine rings is 1. The fourth-order valence-corrected chi connectivity index (χ4v) is 2.95. The predicted molar refractivity (Wildman–Crippen MR) is 82.9 cm³/mol. The minimum absolute atomic E-state index is 0.192. The summed E-state index contributed by atoms with van der Waals surface area (Å²) >= 11 is 0. The molecule has 1 fully saturated rings. The minimum atomic E-state index is 0.192. The van der Waals surface area contributed by atoms with E-state index in [1.54, 1.807) is 0 Å². The summed E-state index contributed by atoms with van der Waals surface area (Å²) in [5, 5.41) is 12.6. The number of nitrogens with one attached hydrogen (secondary N) is 1. The smallest absolute Gasteiger partial charge is 0.128 e. The summed E-state index contributed by atoms with van der Waals surface area (Å²) in [6, 6.07) is 4.78. The molecule has 0 aliphatic heterocycles. The first kappa shape index (κ1) is 15.3. The van der Waals surface area contributed by atoms with Crippen LogP contribution in [0.5, 0.6) is 0 Å². The van der Waals surface area contributed by atoms with Crippen molar-refractivity contribution in [3.8, 4) is 0 Å². The lowest BCUT2D eigenvalue weighted by atomic mass is 9.94. The molecule has 0 saturated heterocycles. The third-order valence-corrected chi connectivity index (χ3v) is 4.04. The number of anilines is 1. The molecule has 0 spiro atoms. The maximum Gasteiger partial charge on any atom is 0.128 e. The first-order chi connectivity index (χ1) is 9.85. The van der Waals surface area contributed by atoms with E-state index in [-0.39, 0.29) is 6.61 Å². The summed E-state index contributed by atoms with van der Waals surface area (Å²) in [5.74, 6) is 1.01. The van der Waals surface area contributed by atoms with E-state index in [4.69, 9.17) is 0 Å². The number of nitrogens with zero attached hydrogens (tertiary/aromatic N) is 2. The molecular weight excluding hydrogens is 250 g/mol. The molecule has 1 heterocycles. The van der Waals surface area contributed by atoms with Crippen molar-refractivity contribution in [2.24, 2.45) is 0 Å². The van der Waals surface area contributed by atoms with Crippen molar-refractivity contribution in [3.63, 3.8) is 0 Å². The summed E-state index contributed by atoms with van der Waals surface area (Å²) in [5.41, 5.74) is 1.21. The van der Waals surface area contributed by atoms with Gasteiger partial charge in [0.2, 0.25) is 0 Å². The Morgan fingerprint density at radius 3 is 2.70 bits per heavy atom. The van der Waals surface area contributed by atoms with E-state index >= 15 is 0 Å². The molecule has 4 heteroatoms. The van der Waals surface area contributed by atoms with Crippen LogP contribution in [0.3, 0.4) is 0 Å². The highest BCUT2D eigenvalue weighted by Gasteiger charge is 2.21. The van der Waals surface area contributed by atoms with Gasteiger partial charge in [-0.2, -0.15) is 0 Å². The Labute approximate surface area is 122 Å². The summed E-state index contributed by atoms with van der Waals surface area (Å²) in [4.78, 5) is 6.89. The highest BCUT2D eigenvalue weighted by atomic mass is 16.3. The number of rotatable bonds is 7. The largest absolute Gasteiger partial charge is 0.395 e. The lowest BCUT2D eigenvalue weighted by Crippen LogP contribution is -2.39. The number of aliphatic hydroxyl groups is 1. The van der Waals surface area contributed by atoms with E-state index in [1.807, 2.05) is 6.20 Å². The molecule has 2 N–H and O–H groups in total. The van der Waals surface area contributed by atoms with Crippen LogP contribution in [-0.2, 0) is 6.54 Å². The van der Waals surface area contributed by atoms with Gasteiger partial charge in [0.25, 0.3) is 0 Å². The van der Waals surface area contributed by atoms with Gasteiger partial charge in [0.1, 0.15) is 5.82 Å². The molecule has 0 bridgehead atoms. The normalized spacial score (nSPS) is 16.3. The van der Waals surface area contributed by atoms with Crippen molar-refractivity contribution in [1.82, 2.24) is 10.3 Å². The zero-order valence-electron chi connectivity index (χ0n) is 12.5. The van der Waals surface area contributed by atoms with E-state index in [2.05, 4.69) is 34.3 Å². The molecule has 0 aromatic carbocycles. The third-order valence-electron chi connectivity index (χ3n) is 4.04. The van der Waals surface area contributed by atoms with Gasteiger partial charge in [-0.3, -0.25) is 0 Å². The Morgan fingerprint density at radius 1 is 1.30 bits per heavy atom. The van der Waals surface area contributed by atoms with Gasteiger partial charge in [-0.05, 0) is 31.0 Å². The molecule has 1 saturated carbocycles. The van der Waals surface area contributed by atoms with Crippen LogP contribution in [0.25, 0.3) is 0 Å². The SMILES string of the molecule is CCNCc1ccc(N(CCO)C2CCCCC2)nc1. The lowest BCUT2D eigenvalue weighted by molar-refractivity contribution is 0.289. The molecule has 0 radical (unpaired) electrons. The predicted octanol–water partition coefficient (Wildman–Crippen LogP) is 2.32. The average Bonchev–Trinajstić information content (AvgIpc) is 2.52. The quantitative estimate of drug-likeness (QED) is 0.803. The van der Waals surface area contributed by atoms with Crippen molar-refractivity contribution in [2.75, 3.05) is 24.6 Å². The van der Waals surface area contributed by atoms with Gasteiger partial charge in [0.05, 0.1) is 6.61 Å². The molecule has 0 amide bonds. The van der Waals surface area contributed by atoms with E-state index in [1.165, 1.54) is 37.7 Å². The highest BCUT2D eigenvalue weighted by Crippen LogP contribution is 2.26. The second-order valence-electron chi connectivity index (χ2n) is 5.51. The average molecular weight is 277 g/mol. The Bertz CT molecular complexity index is 374. The third kappa shape index (κ3) is 4.18. The van der Waals surface area contributed by atoms with Crippen molar-refractivity contribution < 1.29 is 5.11 Å². The number of hydrogen-bond acceptors (Lipinski definition) is 4. The molecule has 1 aliphatic rings. The summed E-state index contributed by atoms with van der Waals surface area (Å²) in [6.45, 7) is 4.82. The minimum Gasteiger partial charge on any atom is -0.395 e.